The van der Waals surface area contributed by atoms with E-state index in [1.54, 1.807) is 36.4 Å². The summed E-state index contributed by atoms with van der Waals surface area (Å²) in [5.74, 6) is -0.380. The van der Waals surface area contributed by atoms with Gasteiger partial charge in [0, 0.05) is 24.1 Å². The SMILES string of the molecule is Cc1ccccc1CCC(=O)c1ccc(-c2nc(NCc3ccc(F)cc3)nc(OCC(F)(F)F)n2)cc1. The molecule has 0 radical (unpaired) electrons. The van der Waals surface area contributed by atoms with Crippen LogP contribution in [0.2, 0.25) is 0 Å². The third-order valence-electron chi connectivity index (χ3n) is 5.69. The van der Waals surface area contributed by atoms with Crippen LogP contribution < -0.4 is 10.1 Å². The van der Waals surface area contributed by atoms with Gasteiger partial charge in [-0.2, -0.15) is 28.1 Å². The number of benzene rings is 3. The zero-order valence-corrected chi connectivity index (χ0v) is 20.4. The number of hydrogen-bond acceptors (Lipinski definition) is 6. The van der Waals surface area contributed by atoms with Crippen LogP contribution in [-0.2, 0) is 13.0 Å². The van der Waals surface area contributed by atoms with Crippen LogP contribution >= 0.6 is 0 Å². The zero-order chi connectivity index (χ0) is 27.1. The summed E-state index contributed by atoms with van der Waals surface area (Å²) in [5, 5.41) is 2.89. The summed E-state index contributed by atoms with van der Waals surface area (Å²) >= 11 is 0. The second-order valence-corrected chi connectivity index (χ2v) is 8.58. The fraction of sp³-hybridized carbons (Fsp3) is 0.214. The molecule has 0 spiro atoms. The van der Waals surface area contributed by atoms with Crippen LogP contribution in [0.4, 0.5) is 23.5 Å². The van der Waals surface area contributed by atoms with Gasteiger partial charge in [-0.1, -0.05) is 60.7 Å². The second kappa shape index (κ2) is 11.8. The molecule has 0 bridgehead atoms. The van der Waals surface area contributed by atoms with Gasteiger partial charge in [0.1, 0.15) is 5.82 Å². The number of aromatic nitrogens is 3. The molecule has 0 aliphatic heterocycles. The Labute approximate surface area is 216 Å². The Balaban J connectivity index is 1.50. The van der Waals surface area contributed by atoms with Crippen LogP contribution in [0.15, 0.2) is 72.8 Å². The van der Waals surface area contributed by atoms with E-state index in [1.807, 2.05) is 31.2 Å². The number of anilines is 1. The molecule has 0 saturated heterocycles. The number of ether oxygens (including phenoxy) is 1. The number of carbonyl (C=O) groups excluding carboxylic acids is 1. The minimum atomic E-state index is -4.57. The third kappa shape index (κ3) is 7.58. The van der Waals surface area contributed by atoms with Crippen molar-refractivity contribution in [2.24, 2.45) is 0 Å². The summed E-state index contributed by atoms with van der Waals surface area (Å²) in [6.07, 6.45) is -3.62. The smallest absolute Gasteiger partial charge is 0.422 e. The van der Waals surface area contributed by atoms with Crippen LogP contribution in [0.25, 0.3) is 11.4 Å². The normalized spacial score (nSPS) is 11.3. The first kappa shape index (κ1) is 26.7. The predicted octanol–water partition coefficient (Wildman–Crippen LogP) is 6.35. The molecule has 1 N–H and O–H groups in total. The van der Waals surface area contributed by atoms with E-state index in [9.17, 15) is 22.4 Å². The number of aryl methyl sites for hydroxylation is 2. The van der Waals surface area contributed by atoms with E-state index in [0.717, 1.165) is 11.1 Å². The lowest BCUT2D eigenvalue weighted by Gasteiger charge is -2.11. The van der Waals surface area contributed by atoms with E-state index < -0.39 is 24.6 Å². The highest BCUT2D eigenvalue weighted by Crippen LogP contribution is 2.23. The Kier molecular flexibility index (Phi) is 8.30. The molecule has 196 valence electrons. The molecule has 0 aliphatic rings. The summed E-state index contributed by atoms with van der Waals surface area (Å²) in [4.78, 5) is 24.9. The van der Waals surface area contributed by atoms with Gasteiger partial charge in [-0.25, -0.2) is 4.39 Å². The number of alkyl halides is 3. The molecule has 38 heavy (non-hydrogen) atoms. The zero-order valence-electron chi connectivity index (χ0n) is 20.4. The number of ketones is 1. The Bertz CT molecular complexity index is 1390. The van der Waals surface area contributed by atoms with Crippen molar-refractivity contribution >= 4 is 11.7 Å². The van der Waals surface area contributed by atoms with E-state index in [1.165, 1.54) is 12.1 Å². The topological polar surface area (TPSA) is 77.0 Å². The molecule has 6 nitrogen and oxygen atoms in total. The molecule has 3 aromatic carbocycles. The van der Waals surface area contributed by atoms with Gasteiger partial charge < -0.3 is 10.1 Å². The predicted molar refractivity (Wildman–Crippen MR) is 134 cm³/mol. The van der Waals surface area contributed by atoms with Gasteiger partial charge in [0.05, 0.1) is 0 Å². The van der Waals surface area contributed by atoms with Gasteiger partial charge in [0.25, 0.3) is 0 Å². The maximum absolute atomic E-state index is 13.2. The van der Waals surface area contributed by atoms with Crippen molar-refractivity contribution in [1.29, 1.82) is 0 Å². The van der Waals surface area contributed by atoms with Crippen molar-refractivity contribution in [3.05, 3.63) is 101 Å². The minimum absolute atomic E-state index is 0.0186. The van der Waals surface area contributed by atoms with Crippen molar-refractivity contribution in [2.45, 2.75) is 32.5 Å². The Hall–Kier alpha value is -4.34. The van der Waals surface area contributed by atoms with Gasteiger partial charge in [-0.05, 0) is 42.2 Å². The lowest BCUT2D eigenvalue weighted by Crippen LogP contribution is -2.20. The molecule has 10 heteroatoms. The number of hydrogen-bond donors (Lipinski definition) is 1. The average molecular weight is 525 g/mol. The summed E-state index contributed by atoms with van der Waals surface area (Å²) < 4.78 is 56.0. The fourth-order valence-corrected chi connectivity index (χ4v) is 3.65. The molecule has 4 rings (SSSR count). The number of nitrogens with zero attached hydrogens (tertiary/aromatic N) is 3. The number of Topliss-reactive ketones (excluding diaryl/α,β-unsaturated/α-hetero) is 1. The Morgan fingerprint density at radius 2 is 1.63 bits per heavy atom. The largest absolute Gasteiger partial charge is 0.454 e. The van der Waals surface area contributed by atoms with E-state index in [-0.39, 0.29) is 24.1 Å². The molecule has 0 aliphatic carbocycles. The van der Waals surface area contributed by atoms with Crippen molar-refractivity contribution in [3.63, 3.8) is 0 Å². The molecule has 0 fully saturated rings. The molecular weight excluding hydrogens is 500 g/mol. The maximum atomic E-state index is 13.2. The van der Waals surface area contributed by atoms with Crippen LogP contribution in [0, 0.1) is 12.7 Å². The van der Waals surface area contributed by atoms with Crippen molar-refractivity contribution in [2.75, 3.05) is 11.9 Å². The number of nitrogens with one attached hydrogen (secondary N) is 1. The van der Waals surface area contributed by atoms with Crippen LogP contribution in [0.5, 0.6) is 6.01 Å². The number of halogens is 4. The first-order chi connectivity index (χ1) is 18.2. The highest BCUT2D eigenvalue weighted by atomic mass is 19.4. The standard InChI is InChI=1S/C28H24F4N4O2/c1-18-4-2-3-5-20(18)12-15-24(37)21-8-10-22(11-9-21)25-34-26(33-16-19-6-13-23(29)14-7-19)36-27(35-25)38-17-28(30,31)32/h2-11,13-14H,12,15-17H2,1H3,(H,33,34,35,36). The van der Waals surface area contributed by atoms with Crippen LogP contribution in [-0.4, -0.2) is 33.5 Å². The quantitative estimate of drug-likeness (QED) is 0.192. The lowest BCUT2D eigenvalue weighted by atomic mass is 9.99. The van der Waals surface area contributed by atoms with Gasteiger partial charge in [-0.15, -0.1) is 0 Å². The summed E-state index contributed by atoms with van der Waals surface area (Å²) in [6.45, 7) is 0.623. The number of rotatable bonds is 10. The molecule has 4 aromatic rings. The average Bonchev–Trinajstić information content (AvgIpc) is 2.90. The fourth-order valence-electron chi connectivity index (χ4n) is 3.65. The van der Waals surface area contributed by atoms with Gasteiger partial charge >= 0.3 is 12.2 Å². The number of carbonyl (C=O) groups is 1. The van der Waals surface area contributed by atoms with Crippen molar-refractivity contribution in [1.82, 2.24) is 15.0 Å². The summed E-state index contributed by atoms with van der Waals surface area (Å²) in [7, 11) is 0. The first-order valence-electron chi connectivity index (χ1n) is 11.8. The van der Waals surface area contributed by atoms with Gasteiger partial charge in [-0.3, -0.25) is 4.79 Å². The van der Waals surface area contributed by atoms with Gasteiger partial charge in [0.2, 0.25) is 5.95 Å². The first-order valence-corrected chi connectivity index (χ1v) is 11.8. The maximum Gasteiger partial charge on any atom is 0.422 e. The monoisotopic (exact) mass is 524 g/mol. The van der Waals surface area contributed by atoms with Crippen molar-refractivity contribution < 1.29 is 27.1 Å². The minimum Gasteiger partial charge on any atom is -0.454 e. The molecule has 1 aromatic heterocycles. The molecule has 0 atom stereocenters. The highest BCUT2D eigenvalue weighted by molar-refractivity contribution is 5.96. The van der Waals surface area contributed by atoms with E-state index >= 15 is 0 Å². The molecule has 1 heterocycles. The Morgan fingerprint density at radius 3 is 2.32 bits per heavy atom. The van der Waals surface area contributed by atoms with Crippen LogP contribution in [0.1, 0.15) is 33.5 Å². The molecular formula is C28H24F4N4O2. The third-order valence-corrected chi connectivity index (χ3v) is 5.69. The lowest BCUT2D eigenvalue weighted by molar-refractivity contribution is -0.154. The Morgan fingerprint density at radius 1 is 0.921 bits per heavy atom. The second-order valence-electron chi connectivity index (χ2n) is 8.58. The van der Waals surface area contributed by atoms with Crippen LogP contribution in [0.3, 0.4) is 0 Å². The van der Waals surface area contributed by atoms with E-state index in [4.69, 9.17) is 4.74 Å². The van der Waals surface area contributed by atoms with Gasteiger partial charge in [0.15, 0.2) is 18.2 Å². The van der Waals surface area contributed by atoms with E-state index in [0.29, 0.717) is 29.5 Å². The van der Waals surface area contributed by atoms with E-state index in [2.05, 4.69) is 20.3 Å². The molecule has 0 unspecified atom stereocenters. The summed E-state index contributed by atoms with van der Waals surface area (Å²) in [5.41, 5.74) is 3.90. The molecule has 0 saturated carbocycles. The van der Waals surface area contributed by atoms with Crippen molar-refractivity contribution in [3.8, 4) is 17.4 Å². The highest BCUT2D eigenvalue weighted by Gasteiger charge is 2.29. The molecule has 0 amide bonds. The summed E-state index contributed by atoms with van der Waals surface area (Å²) in [6, 6.07) is 19.5.